The Labute approximate surface area is 274 Å². The Bertz CT molecular complexity index is 1560. The smallest absolute Gasteiger partial charge is 0.303 e. The molecule has 0 bridgehead atoms. The van der Waals surface area contributed by atoms with Crippen LogP contribution in [-0.2, 0) is 30.5 Å². The molecule has 0 saturated carbocycles. The number of anilines is 2. The van der Waals surface area contributed by atoms with Gasteiger partial charge in [-0.25, -0.2) is 0 Å². The number of aliphatic hydroxyl groups is 1. The topological polar surface area (TPSA) is 141 Å². The summed E-state index contributed by atoms with van der Waals surface area (Å²) in [6.45, 7) is 4.71. The second-order valence-corrected chi connectivity index (χ2v) is 12.6. The third kappa shape index (κ3) is 7.18. The fraction of sp³-hybridized carbons (Fsp3) is 0.417. The monoisotopic (exact) mass is 642 g/mol. The molecule has 3 fully saturated rings. The summed E-state index contributed by atoms with van der Waals surface area (Å²) in [6, 6.07) is 25.1. The standard InChI is InChI=1S/C36H42N4O7/c1-24-30(21-39-18-16-36(17-19-39)35(45)37-23-40(36)29-8-3-2-4-9-29)46-34(47-33(24)26-12-10-25(22-41)11-13-26)27-6-5-7-28(20-27)38-31(42)14-15-32(43)44/h2-13,20,24,30,33-34,41H,14-19,21-23H2,1H3,(H,37,45)(H,38,42)(H,43,44). The first-order valence-corrected chi connectivity index (χ1v) is 16.2. The van der Waals surface area contributed by atoms with Crippen molar-refractivity contribution in [2.75, 3.05) is 36.5 Å². The molecule has 4 N–H and O–H groups in total. The van der Waals surface area contributed by atoms with Crippen molar-refractivity contribution in [2.45, 2.75) is 63.3 Å². The SMILES string of the molecule is CC1C(CN2CCC3(CC2)C(=O)NCN3c2ccccc2)OC(c2cccc(NC(=O)CCC(=O)O)c2)OC1c1ccc(CO)cc1. The number of nitrogens with zero attached hydrogens (tertiary/aromatic N) is 2. The summed E-state index contributed by atoms with van der Waals surface area (Å²) in [6.07, 6.45) is -0.200. The highest BCUT2D eigenvalue weighted by molar-refractivity contribution is 5.93. The van der Waals surface area contributed by atoms with Gasteiger partial charge in [-0.15, -0.1) is 0 Å². The molecule has 3 heterocycles. The van der Waals surface area contributed by atoms with Gasteiger partial charge in [0.25, 0.3) is 0 Å². The van der Waals surface area contributed by atoms with Gasteiger partial charge in [0.05, 0.1) is 31.9 Å². The fourth-order valence-electron chi connectivity index (χ4n) is 6.93. The van der Waals surface area contributed by atoms with Crippen LogP contribution in [-0.4, -0.2) is 70.8 Å². The van der Waals surface area contributed by atoms with Gasteiger partial charge in [0.1, 0.15) is 5.54 Å². The Morgan fingerprint density at radius 1 is 0.957 bits per heavy atom. The zero-order valence-electron chi connectivity index (χ0n) is 26.5. The molecule has 1 spiro atoms. The van der Waals surface area contributed by atoms with Crippen LogP contribution in [0.25, 0.3) is 0 Å². The summed E-state index contributed by atoms with van der Waals surface area (Å²) in [5.41, 5.74) is 3.52. The molecule has 0 aliphatic carbocycles. The number of para-hydroxylation sites is 1. The maximum atomic E-state index is 13.2. The zero-order valence-corrected chi connectivity index (χ0v) is 26.5. The van der Waals surface area contributed by atoms with Gasteiger partial charge in [-0.2, -0.15) is 0 Å². The average Bonchev–Trinajstić information content (AvgIpc) is 3.40. The molecule has 4 unspecified atom stereocenters. The molecule has 11 nitrogen and oxygen atoms in total. The first kappa shape index (κ1) is 32.6. The Morgan fingerprint density at radius 3 is 2.40 bits per heavy atom. The van der Waals surface area contributed by atoms with Gasteiger partial charge in [0.2, 0.25) is 11.8 Å². The number of aliphatic hydroxyl groups excluding tert-OH is 1. The molecule has 11 heteroatoms. The van der Waals surface area contributed by atoms with Crippen LogP contribution in [0.1, 0.15) is 61.7 Å². The molecule has 248 valence electrons. The number of hydrogen-bond acceptors (Lipinski definition) is 8. The van der Waals surface area contributed by atoms with E-state index in [1.807, 2.05) is 54.6 Å². The van der Waals surface area contributed by atoms with Crippen molar-refractivity contribution in [3.63, 3.8) is 0 Å². The summed E-state index contributed by atoms with van der Waals surface area (Å²) in [5.74, 6) is -1.34. The highest BCUT2D eigenvalue weighted by Crippen LogP contribution is 2.43. The number of carboxylic acids is 1. The number of carbonyl (C=O) groups excluding carboxylic acids is 2. The summed E-state index contributed by atoms with van der Waals surface area (Å²) >= 11 is 0. The normalized spacial score (nSPS) is 24.2. The van der Waals surface area contributed by atoms with Crippen LogP contribution in [0.4, 0.5) is 11.4 Å². The fourth-order valence-corrected chi connectivity index (χ4v) is 6.93. The lowest BCUT2D eigenvalue weighted by molar-refractivity contribution is -0.276. The molecule has 3 aromatic carbocycles. The van der Waals surface area contributed by atoms with Gasteiger partial charge in [-0.05, 0) is 48.2 Å². The number of hydrogen-bond donors (Lipinski definition) is 4. The number of amides is 2. The Kier molecular flexibility index (Phi) is 9.88. The number of ether oxygens (including phenoxy) is 2. The molecular formula is C36H42N4O7. The van der Waals surface area contributed by atoms with Crippen molar-refractivity contribution in [3.8, 4) is 0 Å². The first-order chi connectivity index (χ1) is 22.8. The highest BCUT2D eigenvalue weighted by atomic mass is 16.7. The van der Waals surface area contributed by atoms with E-state index in [0.717, 1.165) is 35.5 Å². The molecule has 0 radical (unpaired) electrons. The first-order valence-electron chi connectivity index (χ1n) is 16.2. The number of carbonyl (C=O) groups is 3. The van der Waals surface area contributed by atoms with Crippen LogP contribution in [0, 0.1) is 5.92 Å². The van der Waals surface area contributed by atoms with Gasteiger partial charge < -0.3 is 40.1 Å². The van der Waals surface area contributed by atoms with Crippen LogP contribution in [0.3, 0.4) is 0 Å². The van der Waals surface area contributed by atoms with E-state index in [4.69, 9.17) is 14.6 Å². The van der Waals surface area contributed by atoms with E-state index >= 15 is 0 Å². The molecule has 3 aromatic rings. The maximum Gasteiger partial charge on any atom is 0.303 e. The van der Waals surface area contributed by atoms with E-state index in [-0.39, 0.29) is 49.4 Å². The van der Waals surface area contributed by atoms with Crippen molar-refractivity contribution in [2.24, 2.45) is 5.92 Å². The molecule has 47 heavy (non-hydrogen) atoms. The van der Waals surface area contributed by atoms with Crippen molar-refractivity contribution < 1.29 is 34.1 Å². The summed E-state index contributed by atoms with van der Waals surface area (Å²) in [4.78, 5) is 41.0. The van der Waals surface area contributed by atoms with Crippen molar-refractivity contribution in [1.82, 2.24) is 10.2 Å². The second-order valence-electron chi connectivity index (χ2n) is 12.6. The summed E-state index contributed by atoms with van der Waals surface area (Å²) < 4.78 is 13.3. The van der Waals surface area contributed by atoms with Crippen LogP contribution in [0.2, 0.25) is 0 Å². The van der Waals surface area contributed by atoms with E-state index in [9.17, 15) is 19.5 Å². The quantitative estimate of drug-likeness (QED) is 0.256. The van der Waals surface area contributed by atoms with E-state index in [0.29, 0.717) is 31.7 Å². The third-order valence-electron chi connectivity index (χ3n) is 9.66. The predicted molar refractivity (Wildman–Crippen MR) is 175 cm³/mol. The Hall–Kier alpha value is -4.29. The number of carboxylic acid groups (broad SMARTS) is 1. The van der Waals surface area contributed by atoms with Gasteiger partial charge in [0.15, 0.2) is 6.29 Å². The van der Waals surface area contributed by atoms with Gasteiger partial charge in [0, 0.05) is 48.9 Å². The molecule has 3 aliphatic rings. The van der Waals surface area contributed by atoms with E-state index in [2.05, 4.69) is 39.5 Å². The summed E-state index contributed by atoms with van der Waals surface area (Å²) in [5, 5.41) is 24.4. The number of likely N-dealkylation sites (tertiary alicyclic amines) is 1. The van der Waals surface area contributed by atoms with E-state index in [1.54, 1.807) is 12.1 Å². The maximum absolute atomic E-state index is 13.2. The van der Waals surface area contributed by atoms with Gasteiger partial charge in [-0.3, -0.25) is 14.4 Å². The summed E-state index contributed by atoms with van der Waals surface area (Å²) in [7, 11) is 0. The molecule has 0 aromatic heterocycles. The number of nitrogens with one attached hydrogen (secondary N) is 2. The van der Waals surface area contributed by atoms with Crippen LogP contribution < -0.4 is 15.5 Å². The Balaban J connectivity index is 1.19. The number of aliphatic carboxylic acids is 1. The molecule has 2 amide bonds. The lowest BCUT2D eigenvalue weighted by Gasteiger charge is -2.46. The predicted octanol–water partition coefficient (Wildman–Crippen LogP) is 4.20. The average molecular weight is 643 g/mol. The number of rotatable bonds is 10. The van der Waals surface area contributed by atoms with Gasteiger partial charge >= 0.3 is 5.97 Å². The minimum absolute atomic E-state index is 0.0170. The number of benzene rings is 3. The lowest BCUT2D eigenvalue weighted by atomic mass is 9.84. The second kappa shape index (κ2) is 14.2. The molecular weight excluding hydrogens is 600 g/mol. The third-order valence-corrected chi connectivity index (χ3v) is 9.66. The number of piperidine rings is 1. The Morgan fingerprint density at radius 2 is 1.70 bits per heavy atom. The van der Waals surface area contributed by atoms with Crippen molar-refractivity contribution in [1.29, 1.82) is 0 Å². The van der Waals surface area contributed by atoms with Crippen molar-refractivity contribution >= 4 is 29.2 Å². The van der Waals surface area contributed by atoms with Crippen LogP contribution in [0.15, 0.2) is 78.9 Å². The minimum atomic E-state index is -1.03. The highest BCUT2D eigenvalue weighted by Gasteiger charge is 2.51. The lowest BCUT2D eigenvalue weighted by Crippen LogP contribution is -2.57. The molecule has 6 rings (SSSR count). The minimum Gasteiger partial charge on any atom is -0.481 e. The molecule has 4 atom stereocenters. The van der Waals surface area contributed by atoms with E-state index in [1.165, 1.54) is 0 Å². The van der Waals surface area contributed by atoms with E-state index < -0.39 is 17.8 Å². The molecule has 3 saturated heterocycles. The largest absolute Gasteiger partial charge is 0.481 e. The van der Waals surface area contributed by atoms with Gasteiger partial charge in [-0.1, -0.05) is 61.5 Å². The zero-order chi connectivity index (χ0) is 33.0. The van der Waals surface area contributed by atoms with Crippen LogP contribution in [0.5, 0.6) is 0 Å². The van der Waals surface area contributed by atoms with Crippen molar-refractivity contribution in [3.05, 3.63) is 95.6 Å². The van der Waals surface area contributed by atoms with Crippen LogP contribution >= 0.6 is 0 Å². The molecule has 3 aliphatic heterocycles.